The molecule has 0 aliphatic heterocycles. The normalized spacial score (nSPS) is 12.2. The van der Waals surface area contributed by atoms with Gasteiger partial charge >= 0.3 is 0 Å². The van der Waals surface area contributed by atoms with Crippen molar-refractivity contribution in [2.75, 3.05) is 0 Å². The monoisotopic (exact) mass is 302 g/mol. The SMILES string of the molecule is N#CCC(N)c1ccc(Br)cc1Br. The van der Waals surface area contributed by atoms with Gasteiger partial charge in [0.1, 0.15) is 0 Å². The van der Waals surface area contributed by atoms with Crippen LogP contribution in [0.2, 0.25) is 0 Å². The molecule has 0 aromatic heterocycles. The Morgan fingerprint density at radius 2 is 2.15 bits per heavy atom. The van der Waals surface area contributed by atoms with Crippen LogP contribution in [0.5, 0.6) is 0 Å². The first kappa shape index (κ1) is 10.7. The number of hydrogen-bond acceptors (Lipinski definition) is 2. The molecule has 13 heavy (non-hydrogen) atoms. The summed E-state index contributed by atoms with van der Waals surface area (Å²) in [7, 11) is 0. The molecule has 0 aliphatic carbocycles. The highest BCUT2D eigenvalue weighted by molar-refractivity contribution is 9.11. The minimum atomic E-state index is -0.215. The summed E-state index contributed by atoms with van der Waals surface area (Å²) in [6.07, 6.45) is 0.334. The summed E-state index contributed by atoms with van der Waals surface area (Å²) in [5.74, 6) is 0. The maximum Gasteiger partial charge on any atom is 0.0641 e. The number of nitrogens with two attached hydrogens (primary N) is 1. The van der Waals surface area contributed by atoms with Crippen LogP contribution in [0.3, 0.4) is 0 Å². The van der Waals surface area contributed by atoms with Gasteiger partial charge in [-0.05, 0) is 17.7 Å². The van der Waals surface area contributed by atoms with Crippen molar-refractivity contribution in [2.45, 2.75) is 12.5 Å². The fourth-order valence-corrected chi connectivity index (χ4v) is 2.35. The van der Waals surface area contributed by atoms with Gasteiger partial charge in [-0.25, -0.2) is 0 Å². The maximum atomic E-state index is 8.49. The highest BCUT2D eigenvalue weighted by Gasteiger charge is 2.08. The third kappa shape index (κ3) is 2.80. The number of rotatable bonds is 2. The Hall–Kier alpha value is -0.370. The molecular formula is C9H8Br2N2. The van der Waals surface area contributed by atoms with E-state index in [0.717, 1.165) is 14.5 Å². The minimum Gasteiger partial charge on any atom is -0.323 e. The molecule has 2 nitrogen and oxygen atoms in total. The van der Waals surface area contributed by atoms with Crippen LogP contribution >= 0.6 is 31.9 Å². The van der Waals surface area contributed by atoms with E-state index in [1.54, 1.807) is 0 Å². The largest absolute Gasteiger partial charge is 0.323 e. The molecule has 0 bridgehead atoms. The molecule has 0 saturated heterocycles. The first-order valence-electron chi connectivity index (χ1n) is 3.72. The Balaban J connectivity index is 2.96. The van der Waals surface area contributed by atoms with Gasteiger partial charge in [-0.1, -0.05) is 37.9 Å². The van der Waals surface area contributed by atoms with Gasteiger partial charge < -0.3 is 5.73 Å². The predicted molar refractivity (Wildman–Crippen MR) is 59.0 cm³/mol. The second-order valence-corrected chi connectivity index (χ2v) is 4.40. The number of hydrogen-bond donors (Lipinski definition) is 1. The Labute approximate surface area is 94.0 Å². The summed E-state index contributed by atoms with van der Waals surface area (Å²) in [4.78, 5) is 0. The Kier molecular flexibility index (Phi) is 3.91. The molecule has 1 rings (SSSR count). The fourth-order valence-electron chi connectivity index (χ4n) is 1.01. The van der Waals surface area contributed by atoms with Crippen molar-refractivity contribution < 1.29 is 0 Å². The minimum absolute atomic E-state index is 0.215. The lowest BCUT2D eigenvalue weighted by atomic mass is 10.1. The van der Waals surface area contributed by atoms with Crippen molar-refractivity contribution >= 4 is 31.9 Å². The van der Waals surface area contributed by atoms with Crippen LogP contribution in [0.4, 0.5) is 0 Å². The quantitative estimate of drug-likeness (QED) is 0.912. The van der Waals surface area contributed by atoms with Crippen LogP contribution in [0.25, 0.3) is 0 Å². The highest BCUT2D eigenvalue weighted by Crippen LogP contribution is 2.26. The van der Waals surface area contributed by atoms with E-state index in [9.17, 15) is 0 Å². The van der Waals surface area contributed by atoms with Crippen LogP contribution in [0.15, 0.2) is 27.1 Å². The van der Waals surface area contributed by atoms with Gasteiger partial charge in [0.25, 0.3) is 0 Å². The van der Waals surface area contributed by atoms with Gasteiger partial charge in [0.15, 0.2) is 0 Å². The number of halogens is 2. The fraction of sp³-hybridized carbons (Fsp3) is 0.222. The summed E-state index contributed by atoms with van der Waals surface area (Å²) in [5, 5.41) is 8.49. The molecule has 0 amide bonds. The molecule has 68 valence electrons. The van der Waals surface area contributed by atoms with E-state index >= 15 is 0 Å². The average Bonchev–Trinajstić information content (AvgIpc) is 2.04. The standard InChI is InChI=1S/C9H8Br2N2/c10-6-1-2-7(8(11)5-6)9(13)3-4-12/h1-2,5,9H,3,13H2. The lowest BCUT2D eigenvalue weighted by Crippen LogP contribution is -2.09. The van der Waals surface area contributed by atoms with E-state index in [4.69, 9.17) is 11.0 Å². The topological polar surface area (TPSA) is 49.8 Å². The molecule has 1 aromatic rings. The number of nitriles is 1. The molecular weight excluding hydrogens is 296 g/mol. The predicted octanol–water partition coefficient (Wildman–Crippen LogP) is 3.13. The number of nitrogens with zero attached hydrogens (tertiary/aromatic N) is 1. The Bertz CT molecular complexity index is 344. The number of benzene rings is 1. The molecule has 1 atom stereocenters. The van der Waals surface area contributed by atoms with Crippen LogP contribution in [0.1, 0.15) is 18.0 Å². The van der Waals surface area contributed by atoms with Crippen LogP contribution < -0.4 is 5.73 Å². The van der Waals surface area contributed by atoms with Crippen LogP contribution in [-0.2, 0) is 0 Å². The summed E-state index contributed by atoms with van der Waals surface area (Å²) >= 11 is 6.75. The molecule has 0 aliphatic rings. The molecule has 0 radical (unpaired) electrons. The molecule has 4 heteroatoms. The van der Waals surface area contributed by atoms with E-state index in [-0.39, 0.29) is 6.04 Å². The third-order valence-corrected chi connectivity index (χ3v) is 2.85. The summed E-state index contributed by atoms with van der Waals surface area (Å²) in [6.45, 7) is 0. The molecule has 0 saturated carbocycles. The first-order valence-corrected chi connectivity index (χ1v) is 5.31. The van der Waals surface area contributed by atoms with Crippen LogP contribution in [-0.4, -0.2) is 0 Å². The third-order valence-electron chi connectivity index (χ3n) is 1.67. The zero-order chi connectivity index (χ0) is 9.84. The molecule has 0 spiro atoms. The van der Waals surface area contributed by atoms with Crippen LogP contribution in [0, 0.1) is 11.3 Å². The second kappa shape index (κ2) is 4.75. The smallest absolute Gasteiger partial charge is 0.0641 e. The highest BCUT2D eigenvalue weighted by atomic mass is 79.9. The van der Waals surface area contributed by atoms with E-state index in [2.05, 4.69) is 37.9 Å². The molecule has 1 unspecified atom stereocenters. The van der Waals surface area contributed by atoms with Gasteiger partial charge in [0.2, 0.25) is 0 Å². The lowest BCUT2D eigenvalue weighted by Gasteiger charge is -2.10. The average molecular weight is 304 g/mol. The summed E-state index contributed by atoms with van der Waals surface area (Å²) in [6, 6.07) is 7.58. The molecule has 2 N–H and O–H groups in total. The van der Waals surface area contributed by atoms with E-state index < -0.39 is 0 Å². The Morgan fingerprint density at radius 3 is 2.69 bits per heavy atom. The van der Waals surface area contributed by atoms with Gasteiger partial charge in [-0.2, -0.15) is 5.26 Å². The second-order valence-electron chi connectivity index (χ2n) is 2.63. The van der Waals surface area contributed by atoms with Gasteiger partial charge in [-0.15, -0.1) is 0 Å². The van der Waals surface area contributed by atoms with E-state index in [1.165, 1.54) is 0 Å². The first-order chi connectivity index (χ1) is 6.15. The van der Waals surface area contributed by atoms with Gasteiger partial charge in [-0.3, -0.25) is 0 Å². The molecule has 0 heterocycles. The zero-order valence-corrected chi connectivity index (χ0v) is 9.97. The van der Waals surface area contributed by atoms with Crippen molar-refractivity contribution in [3.63, 3.8) is 0 Å². The Morgan fingerprint density at radius 1 is 1.46 bits per heavy atom. The lowest BCUT2D eigenvalue weighted by molar-refractivity contribution is 0.744. The maximum absolute atomic E-state index is 8.49. The van der Waals surface area contributed by atoms with Crippen molar-refractivity contribution in [1.82, 2.24) is 0 Å². The van der Waals surface area contributed by atoms with E-state index in [1.807, 2.05) is 18.2 Å². The van der Waals surface area contributed by atoms with E-state index in [0.29, 0.717) is 6.42 Å². The summed E-state index contributed by atoms with van der Waals surface area (Å²) in [5.41, 5.74) is 6.75. The molecule has 0 fully saturated rings. The van der Waals surface area contributed by atoms with Crippen molar-refractivity contribution in [1.29, 1.82) is 5.26 Å². The van der Waals surface area contributed by atoms with Crippen molar-refractivity contribution in [3.8, 4) is 6.07 Å². The zero-order valence-electron chi connectivity index (χ0n) is 6.80. The summed E-state index contributed by atoms with van der Waals surface area (Å²) < 4.78 is 1.93. The van der Waals surface area contributed by atoms with Crippen molar-refractivity contribution in [3.05, 3.63) is 32.7 Å². The van der Waals surface area contributed by atoms with Gasteiger partial charge in [0, 0.05) is 15.0 Å². The van der Waals surface area contributed by atoms with Gasteiger partial charge in [0.05, 0.1) is 12.5 Å². The van der Waals surface area contributed by atoms with Crippen molar-refractivity contribution in [2.24, 2.45) is 5.73 Å². The molecule has 1 aromatic carbocycles.